The van der Waals surface area contributed by atoms with Gasteiger partial charge in [0.2, 0.25) is 5.91 Å². The van der Waals surface area contributed by atoms with Gasteiger partial charge in [0.25, 0.3) is 5.24 Å². The molecular formula is C18H19N3O3S. The molecule has 2 amide bonds. The van der Waals surface area contributed by atoms with Gasteiger partial charge >= 0.3 is 0 Å². The standard InChI is InChI=1S/C18H19N3O3S/c1-21(16-4-2-3-9-19-16)10-11-24-14-7-5-13(6-8-14)12-15-17(22)20-18(23)25-15/h2-9,15H,10-12H2,1H3,(H,20,22,23)/i15+2. The number of ether oxygens (including phenoxy) is 1. The molecule has 1 N–H and O–H groups in total. The number of hydrogen-bond acceptors (Lipinski definition) is 6. The summed E-state index contributed by atoms with van der Waals surface area (Å²) in [5.74, 6) is 1.47. The van der Waals surface area contributed by atoms with Crippen LogP contribution < -0.4 is 15.0 Å². The lowest BCUT2D eigenvalue weighted by molar-refractivity contribution is -0.118. The molecule has 0 aliphatic carbocycles. The molecule has 7 heteroatoms. The van der Waals surface area contributed by atoms with Crippen molar-refractivity contribution in [1.82, 2.24) is 10.3 Å². The molecule has 1 aromatic heterocycles. The van der Waals surface area contributed by atoms with Gasteiger partial charge in [-0.3, -0.25) is 14.9 Å². The second kappa shape index (κ2) is 8.02. The first-order valence-corrected chi connectivity index (χ1v) is 8.85. The van der Waals surface area contributed by atoms with Gasteiger partial charge in [-0.25, -0.2) is 4.98 Å². The van der Waals surface area contributed by atoms with Crippen molar-refractivity contribution in [2.24, 2.45) is 0 Å². The Hall–Kier alpha value is -2.54. The van der Waals surface area contributed by atoms with E-state index in [9.17, 15) is 9.59 Å². The Kier molecular flexibility index (Phi) is 5.55. The maximum absolute atomic E-state index is 11.6. The SMILES string of the molecule is CN(CCOc1ccc(C[14CH]2SC(=O)NC2=O)cc1)c1ccccn1. The number of nitrogens with one attached hydrogen (secondary N) is 1. The molecule has 3 rings (SSSR count). The summed E-state index contributed by atoms with van der Waals surface area (Å²) >= 11 is 1.05. The second-order valence-electron chi connectivity index (χ2n) is 5.69. The fourth-order valence-corrected chi connectivity index (χ4v) is 3.32. The molecule has 25 heavy (non-hydrogen) atoms. The predicted octanol–water partition coefficient (Wildman–Crippen LogP) is 2.49. The van der Waals surface area contributed by atoms with E-state index in [2.05, 4.69) is 10.3 Å². The van der Waals surface area contributed by atoms with Crippen molar-refractivity contribution < 1.29 is 14.3 Å². The zero-order valence-corrected chi connectivity index (χ0v) is 14.7. The second-order valence-corrected chi connectivity index (χ2v) is 6.86. The van der Waals surface area contributed by atoms with Crippen LogP contribution in [0.3, 0.4) is 0 Å². The van der Waals surface area contributed by atoms with Crippen LogP contribution >= 0.6 is 11.8 Å². The Balaban J connectivity index is 1.46. The van der Waals surface area contributed by atoms with Crippen LogP contribution in [0.1, 0.15) is 5.56 Å². The third kappa shape index (κ3) is 4.73. The van der Waals surface area contributed by atoms with E-state index in [-0.39, 0.29) is 16.4 Å². The molecule has 2 heterocycles. The Bertz CT molecular complexity index is 737. The summed E-state index contributed by atoms with van der Waals surface area (Å²) in [6, 6.07) is 13.4. The highest BCUT2D eigenvalue weighted by Gasteiger charge is 2.31. The van der Waals surface area contributed by atoms with E-state index in [1.54, 1.807) is 6.20 Å². The van der Waals surface area contributed by atoms with Crippen LogP contribution in [0.4, 0.5) is 10.6 Å². The van der Waals surface area contributed by atoms with Crippen LogP contribution in [-0.4, -0.2) is 41.6 Å². The molecule has 1 atom stereocenters. The predicted molar refractivity (Wildman–Crippen MR) is 98.1 cm³/mol. The molecule has 6 nitrogen and oxygen atoms in total. The van der Waals surface area contributed by atoms with E-state index < -0.39 is 0 Å². The fraction of sp³-hybridized carbons (Fsp3) is 0.278. The van der Waals surface area contributed by atoms with E-state index >= 15 is 0 Å². The number of aromatic nitrogens is 1. The average Bonchev–Trinajstić information content (AvgIpc) is 2.94. The molecule has 1 fully saturated rings. The minimum Gasteiger partial charge on any atom is -0.492 e. The maximum Gasteiger partial charge on any atom is 0.286 e. The fourth-order valence-electron chi connectivity index (χ4n) is 2.46. The number of pyridine rings is 1. The number of thioether (sulfide) groups is 1. The number of carbonyl (C=O) groups excluding carboxylic acids is 2. The highest BCUT2D eigenvalue weighted by Crippen LogP contribution is 2.23. The molecule has 130 valence electrons. The lowest BCUT2D eigenvalue weighted by Crippen LogP contribution is -2.25. The molecule has 0 saturated carbocycles. The van der Waals surface area contributed by atoms with Crippen LogP contribution in [0.15, 0.2) is 48.7 Å². The monoisotopic (exact) mass is 359 g/mol. The van der Waals surface area contributed by atoms with Gasteiger partial charge in [0.1, 0.15) is 18.2 Å². The van der Waals surface area contributed by atoms with Crippen LogP contribution in [0, 0.1) is 0 Å². The number of rotatable bonds is 7. The number of nitrogens with zero attached hydrogens (tertiary/aromatic N) is 2. The van der Waals surface area contributed by atoms with Gasteiger partial charge in [-0.05, 0) is 36.2 Å². The van der Waals surface area contributed by atoms with Crippen molar-refractivity contribution in [2.45, 2.75) is 11.7 Å². The number of benzene rings is 1. The van der Waals surface area contributed by atoms with E-state index in [0.29, 0.717) is 13.0 Å². The van der Waals surface area contributed by atoms with Gasteiger partial charge in [0.15, 0.2) is 0 Å². The number of likely N-dealkylation sites (N-methyl/N-ethyl adjacent to an activating group) is 1. The number of amides is 2. The Labute approximate surface area is 150 Å². The van der Waals surface area contributed by atoms with Gasteiger partial charge in [0.05, 0.1) is 11.8 Å². The van der Waals surface area contributed by atoms with E-state index in [4.69, 9.17) is 4.74 Å². The van der Waals surface area contributed by atoms with Gasteiger partial charge in [-0.1, -0.05) is 30.0 Å². The molecule has 1 aliphatic heterocycles. The lowest BCUT2D eigenvalue weighted by atomic mass is 10.2. The van der Waals surface area contributed by atoms with Crippen LogP contribution in [0.25, 0.3) is 0 Å². The maximum atomic E-state index is 11.6. The molecule has 2 aromatic rings. The van der Waals surface area contributed by atoms with Gasteiger partial charge in [0, 0.05) is 13.2 Å². The molecule has 0 spiro atoms. The largest absolute Gasteiger partial charge is 0.492 e. The van der Waals surface area contributed by atoms with Crippen molar-refractivity contribution in [2.75, 3.05) is 25.1 Å². The Morgan fingerprint density at radius 3 is 2.64 bits per heavy atom. The highest BCUT2D eigenvalue weighted by atomic mass is 32.2. The smallest absolute Gasteiger partial charge is 0.286 e. The van der Waals surface area contributed by atoms with E-state index in [0.717, 1.165) is 35.4 Å². The van der Waals surface area contributed by atoms with Crippen molar-refractivity contribution >= 4 is 28.7 Å². The lowest BCUT2D eigenvalue weighted by Gasteiger charge is -2.18. The summed E-state index contributed by atoms with van der Waals surface area (Å²) < 4.78 is 5.75. The Morgan fingerprint density at radius 1 is 1.20 bits per heavy atom. The summed E-state index contributed by atoms with van der Waals surface area (Å²) in [5, 5.41) is 1.69. The normalized spacial score (nSPS) is 16.6. The molecule has 1 aliphatic rings. The first-order chi connectivity index (χ1) is 12.1. The first kappa shape index (κ1) is 17.3. The van der Waals surface area contributed by atoms with Gasteiger partial charge in [-0.15, -0.1) is 0 Å². The van der Waals surface area contributed by atoms with Crippen molar-refractivity contribution in [3.63, 3.8) is 0 Å². The highest BCUT2D eigenvalue weighted by molar-refractivity contribution is 8.15. The summed E-state index contributed by atoms with van der Waals surface area (Å²) in [6.45, 7) is 1.27. The van der Waals surface area contributed by atoms with Crippen LogP contribution in [-0.2, 0) is 11.2 Å². The van der Waals surface area contributed by atoms with Gasteiger partial charge in [-0.2, -0.15) is 0 Å². The molecule has 0 radical (unpaired) electrons. The summed E-state index contributed by atoms with van der Waals surface area (Å²) in [5.41, 5.74) is 1.00. The quantitative estimate of drug-likeness (QED) is 0.819. The minimum atomic E-state index is -0.341. The average molecular weight is 359 g/mol. The number of anilines is 1. The van der Waals surface area contributed by atoms with Crippen molar-refractivity contribution in [3.05, 3.63) is 54.2 Å². The van der Waals surface area contributed by atoms with Crippen LogP contribution in [0.2, 0.25) is 0 Å². The molecule has 0 bridgehead atoms. The van der Waals surface area contributed by atoms with E-state index in [1.165, 1.54) is 0 Å². The third-order valence-corrected chi connectivity index (χ3v) is 4.83. The summed E-state index contributed by atoms with van der Waals surface area (Å²) in [6.07, 6.45) is 2.30. The van der Waals surface area contributed by atoms with E-state index in [1.807, 2.05) is 54.4 Å². The number of imide groups is 1. The summed E-state index contributed by atoms with van der Waals surface area (Å²) in [4.78, 5) is 29.1. The topological polar surface area (TPSA) is 71.5 Å². The van der Waals surface area contributed by atoms with Crippen LogP contribution in [0.5, 0.6) is 5.75 Å². The third-order valence-electron chi connectivity index (χ3n) is 3.85. The first-order valence-electron chi connectivity index (χ1n) is 7.97. The summed E-state index contributed by atoms with van der Waals surface area (Å²) in [7, 11) is 1.97. The molecule has 1 unspecified atom stereocenters. The number of hydrogen-bond donors (Lipinski definition) is 1. The van der Waals surface area contributed by atoms with Gasteiger partial charge < -0.3 is 9.64 Å². The van der Waals surface area contributed by atoms with Crippen molar-refractivity contribution in [3.8, 4) is 5.75 Å². The molecule has 1 saturated heterocycles. The zero-order valence-electron chi connectivity index (χ0n) is 13.8. The number of carbonyl (C=O) groups is 2. The molecular weight excluding hydrogens is 340 g/mol. The zero-order chi connectivity index (χ0) is 17.6. The Morgan fingerprint density at radius 2 is 2.00 bits per heavy atom. The molecule has 1 aromatic carbocycles. The van der Waals surface area contributed by atoms with Crippen molar-refractivity contribution in [1.29, 1.82) is 0 Å². The minimum absolute atomic E-state index is 0.215.